The minimum absolute atomic E-state index is 0.138. The summed E-state index contributed by atoms with van der Waals surface area (Å²) >= 11 is 0. The minimum atomic E-state index is -3.46. The highest BCUT2D eigenvalue weighted by atomic mass is 32.2. The van der Waals surface area contributed by atoms with Gasteiger partial charge in [-0.05, 0) is 12.8 Å². The van der Waals surface area contributed by atoms with Crippen molar-refractivity contribution < 1.29 is 18.0 Å². The van der Waals surface area contributed by atoms with Gasteiger partial charge in [-0.15, -0.1) is 0 Å². The zero-order valence-electron chi connectivity index (χ0n) is 12.1. The predicted molar refractivity (Wildman–Crippen MR) is 75.2 cm³/mol. The number of carbonyl (C=O) groups excluding carboxylic acids is 2. The van der Waals surface area contributed by atoms with Crippen molar-refractivity contribution in [2.45, 2.75) is 18.9 Å². The summed E-state index contributed by atoms with van der Waals surface area (Å²) in [5, 5.41) is 0. The van der Waals surface area contributed by atoms with Gasteiger partial charge in [-0.2, -0.15) is 17.0 Å². The molecule has 2 heterocycles. The van der Waals surface area contributed by atoms with E-state index < -0.39 is 10.2 Å². The Hall–Kier alpha value is -1.25. The summed E-state index contributed by atoms with van der Waals surface area (Å²) in [6.07, 6.45) is 5.11. The molecule has 116 valence electrons. The van der Waals surface area contributed by atoms with Gasteiger partial charge in [-0.25, -0.2) is 0 Å². The van der Waals surface area contributed by atoms with Gasteiger partial charge in [-0.1, -0.05) is 12.2 Å². The van der Waals surface area contributed by atoms with E-state index in [9.17, 15) is 18.0 Å². The molecule has 0 saturated carbocycles. The quantitative estimate of drug-likeness (QED) is 0.516. The Kier molecular flexibility index (Phi) is 3.42. The van der Waals surface area contributed by atoms with E-state index in [1.165, 1.54) is 23.3 Å². The van der Waals surface area contributed by atoms with Crippen LogP contribution in [-0.2, 0) is 19.8 Å². The molecule has 7 nitrogen and oxygen atoms in total. The molecule has 2 unspecified atom stereocenters. The number of likely N-dealkylation sites (tertiary alicyclic amines) is 1. The van der Waals surface area contributed by atoms with Gasteiger partial charge in [0.05, 0.1) is 17.9 Å². The number of nitrogens with zero attached hydrogens (tertiary/aromatic N) is 3. The average molecular weight is 313 g/mol. The number of fused-ring (bicyclic) bond motifs is 1. The molecule has 2 fully saturated rings. The molecule has 0 spiro atoms. The number of rotatable bonds is 3. The predicted octanol–water partition coefficient (Wildman–Crippen LogP) is -0.572. The maximum absolute atomic E-state index is 12.4. The molecule has 0 aromatic rings. The summed E-state index contributed by atoms with van der Waals surface area (Å²) in [5.74, 6) is -0.772. The molecule has 0 bridgehead atoms. The van der Waals surface area contributed by atoms with Gasteiger partial charge < -0.3 is 0 Å². The van der Waals surface area contributed by atoms with E-state index in [2.05, 4.69) is 0 Å². The van der Waals surface area contributed by atoms with E-state index in [1.807, 2.05) is 12.2 Å². The van der Waals surface area contributed by atoms with Crippen molar-refractivity contribution in [3.63, 3.8) is 0 Å². The number of carbonyl (C=O) groups is 2. The lowest BCUT2D eigenvalue weighted by molar-refractivity contribution is -0.145. The Labute approximate surface area is 124 Å². The third kappa shape index (κ3) is 2.13. The van der Waals surface area contributed by atoms with Crippen LogP contribution < -0.4 is 0 Å². The number of hydrogen-bond acceptors (Lipinski definition) is 4. The second-order valence-electron chi connectivity index (χ2n) is 5.96. The number of hydrogen-bond donors (Lipinski definition) is 0. The summed E-state index contributed by atoms with van der Waals surface area (Å²) < 4.78 is 26.3. The highest BCUT2D eigenvalue weighted by Gasteiger charge is 2.53. The van der Waals surface area contributed by atoms with E-state index in [-0.39, 0.29) is 42.8 Å². The van der Waals surface area contributed by atoms with Crippen molar-refractivity contribution in [3.8, 4) is 0 Å². The first-order valence-electron chi connectivity index (χ1n) is 7.03. The fourth-order valence-electron chi connectivity index (χ4n) is 3.19. The Balaban J connectivity index is 1.71. The van der Waals surface area contributed by atoms with Crippen LogP contribution >= 0.6 is 0 Å². The molecule has 0 aromatic heterocycles. The normalized spacial score (nSPS) is 30.9. The molecule has 0 aromatic carbocycles. The van der Waals surface area contributed by atoms with Crippen LogP contribution in [-0.4, -0.2) is 67.0 Å². The van der Waals surface area contributed by atoms with Crippen molar-refractivity contribution in [2.75, 3.05) is 27.2 Å². The van der Waals surface area contributed by atoms with Gasteiger partial charge >= 0.3 is 0 Å². The van der Waals surface area contributed by atoms with Gasteiger partial charge in [0.1, 0.15) is 0 Å². The Morgan fingerprint density at radius 1 is 1.05 bits per heavy atom. The maximum atomic E-state index is 12.4. The first-order chi connectivity index (χ1) is 9.84. The van der Waals surface area contributed by atoms with Crippen molar-refractivity contribution >= 4 is 22.0 Å². The lowest BCUT2D eigenvalue weighted by Crippen LogP contribution is -2.64. The summed E-state index contributed by atoms with van der Waals surface area (Å²) in [4.78, 5) is 26.0. The fourth-order valence-corrected chi connectivity index (χ4v) is 4.37. The van der Waals surface area contributed by atoms with Gasteiger partial charge in [0, 0.05) is 27.2 Å². The standard InChI is InChI=1S/C13H19N3O4S/c1-14(2)21(19,20)15-7-9(8-15)16-12(17)10-5-3-4-6-11(10)13(16)18/h3-4,9-11H,5-8H2,1-2H3. The number of imide groups is 1. The van der Waals surface area contributed by atoms with E-state index in [1.54, 1.807) is 0 Å². The number of amides is 2. The van der Waals surface area contributed by atoms with E-state index in [0.29, 0.717) is 12.8 Å². The Morgan fingerprint density at radius 3 is 1.95 bits per heavy atom. The van der Waals surface area contributed by atoms with Crippen LogP contribution in [0, 0.1) is 11.8 Å². The molecular formula is C13H19N3O4S. The van der Waals surface area contributed by atoms with Gasteiger partial charge in [0.15, 0.2) is 0 Å². The molecule has 3 rings (SSSR count). The Bertz CT molecular complexity index is 581. The second kappa shape index (κ2) is 4.89. The summed E-state index contributed by atoms with van der Waals surface area (Å²) in [5.41, 5.74) is 0. The van der Waals surface area contributed by atoms with Crippen LogP contribution in [0.4, 0.5) is 0 Å². The highest BCUT2D eigenvalue weighted by Crippen LogP contribution is 2.37. The van der Waals surface area contributed by atoms with Crippen LogP contribution in [0.5, 0.6) is 0 Å². The van der Waals surface area contributed by atoms with Crippen LogP contribution in [0.25, 0.3) is 0 Å². The van der Waals surface area contributed by atoms with Crippen molar-refractivity contribution in [2.24, 2.45) is 11.8 Å². The van der Waals surface area contributed by atoms with Gasteiger partial charge in [0.2, 0.25) is 11.8 Å². The average Bonchev–Trinajstić information content (AvgIpc) is 2.62. The molecule has 2 atom stereocenters. The zero-order valence-corrected chi connectivity index (χ0v) is 12.9. The molecule has 3 aliphatic rings. The third-order valence-electron chi connectivity index (χ3n) is 4.52. The summed E-state index contributed by atoms with van der Waals surface area (Å²) in [6, 6.07) is -0.315. The molecule has 0 radical (unpaired) electrons. The number of allylic oxidation sites excluding steroid dienone is 2. The van der Waals surface area contributed by atoms with Gasteiger partial charge in [0.25, 0.3) is 10.2 Å². The van der Waals surface area contributed by atoms with Crippen LogP contribution in [0.15, 0.2) is 12.2 Å². The van der Waals surface area contributed by atoms with Crippen LogP contribution in [0.3, 0.4) is 0 Å². The van der Waals surface area contributed by atoms with Gasteiger partial charge in [-0.3, -0.25) is 14.5 Å². The topological polar surface area (TPSA) is 78.0 Å². The summed E-state index contributed by atoms with van der Waals surface area (Å²) in [7, 11) is -0.524. The van der Waals surface area contributed by atoms with Crippen molar-refractivity contribution in [1.29, 1.82) is 0 Å². The molecule has 0 N–H and O–H groups in total. The smallest absolute Gasteiger partial charge is 0.276 e. The first-order valence-corrected chi connectivity index (χ1v) is 8.43. The molecule has 1 aliphatic carbocycles. The molecule has 21 heavy (non-hydrogen) atoms. The zero-order chi connectivity index (χ0) is 15.4. The SMILES string of the molecule is CN(C)S(=O)(=O)N1CC(N2C(=O)C3CC=CCC3C2=O)C1. The summed E-state index contributed by atoms with van der Waals surface area (Å²) in [6.45, 7) is 0.399. The minimum Gasteiger partial charge on any atom is -0.276 e. The Morgan fingerprint density at radius 2 is 1.52 bits per heavy atom. The van der Waals surface area contributed by atoms with E-state index >= 15 is 0 Å². The van der Waals surface area contributed by atoms with Crippen LogP contribution in [0.2, 0.25) is 0 Å². The monoisotopic (exact) mass is 313 g/mol. The first kappa shape index (κ1) is 14.7. The van der Waals surface area contributed by atoms with Crippen molar-refractivity contribution in [3.05, 3.63) is 12.2 Å². The highest BCUT2D eigenvalue weighted by molar-refractivity contribution is 7.86. The molecule has 8 heteroatoms. The fraction of sp³-hybridized carbons (Fsp3) is 0.692. The second-order valence-corrected chi connectivity index (χ2v) is 8.11. The molecular weight excluding hydrogens is 294 g/mol. The lowest BCUT2D eigenvalue weighted by atomic mass is 9.85. The largest absolute Gasteiger partial charge is 0.281 e. The lowest BCUT2D eigenvalue weighted by Gasteiger charge is -2.42. The molecule has 2 aliphatic heterocycles. The van der Waals surface area contributed by atoms with E-state index in [4.69, 9.17) is 0 Å². The third-order valence-corrected chi connectivity index (χ3v) is 6.40. The van der Waals surface area contributed by atoms with Crippen molar-refractivity contribution in [1.82, 2.24) is 13.5 Å². The van der Waals surface area contributed by atoms with Crippen LogP contribution in [0.1, 0.15) is 12.8 Å². The maximum Gasteiger partial charge on any atom is 0.281 e. The van der Waals surface area contributed by atoms with E-state index in [0.717, 1.165) is 4.31 Å². The molecule has 2 amide bonds. The molecule has 2 saturated heterocycles.